The molecule has 148 valence electrons. The Kier molecular flexibility index (Phi) is 7.32. The molecule has 1 fully saturated rings. The van der Waals surface area contributed by atoms with Gasteiger partial charge in [0.1, 0.15) is 18.5 Å². The van der Waals surface area contributed by atoms with Crippen molar-refractivity contribution in [2.45, 2.75) is 26.6 Å². The summed E-state index contributed by atoms with van der Waals surface area (Å²) in [7, 11) is 1.73. The molecule has 0 aliphatic carbocycles. The topological polar surface area (TPSA) is 47.1 Å². The minimum Gasteiger partial charge on any atom is -0.486 e. The second-order valence-corrected chi connectivity index (χ2v) is 7.26. The minimum atomic E-state index is 0.0878. The number of nitrogens with zero attached hydrogens (tertiary/aromatic N) is 3. The number of para-hydroxylation sites is 2. The predicted molar refractivity (Wildman–Crippen MR) is 109 cm³/mol. The lowest BCUT2D eigenvalue weighted by atomic mass is 10.2. The number of piperazine rings is 1. The Balaban J connectivity index is 0.00000102. The first-order valence-electron chi connectivity index (χ1n) is 9.60. The highest BCUT2D eigenvalue weighted by Gasteiger charge is 2.26. The standard InChI is InChI=1S/C18H23N3O3S.C2H6/c1-22-12-17-18(19-13-25-17)21-8-6-20(7-9-21)10-14-11-23-15-4-2-3-5-16(15)24-14;1-2/h2-5,13-14H,6-12H2,1H3;1-2H3/t14-;/m0./s1. The maximum Gasteiger partial charge on any atom is 0.161 e. The number of hydrogen-bond acceptors (Lipinski definition) is 7. The van der Waals surface area contributed by atoms with Gasteiger partial charge in [0.15, 0.2) is 11.5 Å². The van der Waals surface area contributed by atoms with E-state index in [4.69, 9.17) is 14.2 Å². The van der Waals surface area contributed by atoms with E-state index in [-0.39, 0.29) is 6.10 Å². The number of methoxy groups -OCH3 is 1. The van der Waals surface area contributed by atoms with Crippen molar-refractivity contribution >= 4 is 17.2 Å². The van der Waals surface area contributed by atoms with Crippen LogP contribution >= 0.6 is 11.3 Å². The second-order valence-electron chi connectivity index (χ2n) is 6.32. The highest BCUT2D eigenvalue weighted by molar-refractivity contribution is 7.10. The van der Waals surface area contributed by atoms with Crippen molar-refractivity contribution < 1.29 is 14.2 Å². The highest BCUT2D eigenvalue weighted by Crippen LogP contribution is 2.31. The molecule has 0 amide bonds. The first kappa shape index (κ1) is 19.9. The molecule has 7 heteroatoms. The first-order valence-corrected chi connectivity index (χ1v) is 10.5. The van der Waals surface area contributed by atoms with E-state index in [1.165, 1.54) is 4.88 Å². The van der Waals surface area contributed by atoms with Crippen LogP contribution in [0.15, 0.2) is 29.8 Å². The molecule has 6 nitrogen and oxygen atoms in total. The summed E-state index contributed by atoms with van der Waals surface area (Å²) in [5.74, 6) is 2.78. The van der Waals surface area contributed by atoms with Crippen LogP contribution in [0, 0.1) is 0 Å². The molecule has 0 spiro atoms. The Labute approximate surface area is 165 Å². The van der Waals surface area contributed by atoms with Gasteiger partial charge in [0, 0.05) is 39.8 Å². The maximum absolute atomic E-state index is 6.08. The smallest absolute Gasteiger partial charge is 0.161 e. The van der Waals surface area contributed by atoms with E-state index in [0.29, 0.717) is 13.2 Å². The number of anilines is 1. The molecule has 0 unspecified atom stereocenters. The van der Waals surface area contributed by atoms with Crippen molar-refractivity contribution in [3.63, 3.8) is 0 Å². The third-order valence-electron chi connectivity index (χ3n) is 4.60. The molecule has 1 saturated heterocycles. The van der Waals surface area contributed by atoms with Gasteiger partial charge in [-0.1, -0.05) is 26.0 Å². The average molecular weight is 392 g/mol. The Morgan fingerprint density at radius 2 is 1.89 bits per heavy atom. The predicted octanol–water partition coefficient (Wildman–Crippen LogP) is 3.28. The van der Waals surface area contributed by atoms with Crippen molar-refractivity contribution in [2.24, 2.45) is 0 Å². The van der Waals surface area contributed by atoms with Crippen molar-refractivity contribution in [3.05, 3.63) is 34.7 Å². The van der Waals surface area contributed by atoms with Gasteiger partial charge in [0.25, 0.3) is 0 Å². The van der Waals surface area contributed by atoms with Gasteiger partial charge in [-0.2, -0.15) is 0 Å². The normalized spacial score (nSPS) is 19.4. The van der Waals surface area contributed by atoms with Crippen LogP contribution in [0.25, 0.3) is 0 Å². The van der Waals surface area contributed by atoms with Crippen LogP contribution in [0.5, 0.6) is 11.5 Å². The van der Waals surface area contributed by atoms with E-state index in [0.717, 1.165) is 50.0 Å². The molecule has 0 bridgehead atoms. The zero-order valence-corrected chi connectivity index (χ0v) is 17.2. The van der Waals surface area contributed by atoms with Crippen LogP contribution in [-0.4, -0.2) is 62.4 Å². The molecule has 1 aromatic heterocycles. The lowest BCUT2D eigenvalue weighted by Crippen LogP contribution is -2.51. The zero-order chi connectivity index (χ0) is 19.1. The molecule has 0 radical (unpaired) electrons. The molecule has 4 rings (SSSR count). The van der Waals surface area contributed by atoms with Crippen LogP contribution in [0.1, 0.15) is 18.7 Å². The van der Waals surface area contributed by atoms with Crippen LogP contribution in [0.4, 0.5) is 5.82 Å². The van der Waals surface area contributed by atoms with Crippen molar-refractivity contribution in [1.82, 2.24) is 9.88 Å². The summed E-state index contributed by atoms with van der Waals surface area (Å²) in [5.41, 5.74) is 1.90. The van der Waals surface area contributed by atoms with Crippen LogP contribution in [0.2, 0.25) is 0 Å². The molecule has 2 aromatic rings. The molecule has 2 aliphatic heterocycles. The van der Waals surface area contributed by atoms with Gasteiger partial charge >= 0.3 is 0 Å². The van der Waals surface area contributed by atoms with Crippen LogP contribution in [-0.2, 0) is 11.3 Å². The number of hydrogen-bond donors (Lipinski definition) is 0. The van der Waals surface area contributed by atoms with Gasteiger partial charge in [-0.25, -0.2) is 4.98 Å². The molecule has 2 aliphatic rings. The van der Waals surface area contributed by atoms with E-state index in [2.05, 4.69) is 14.8 Å². The molecule has 1 atom stereocenters. The molecule has 27 heavy (non-hydrogen) atoms. The fourth-order valence-corrected chi connectivity index (χ4v) is 4.09. The number of benzene rings is 1. The van der Waals surface area contributed by atoms with E-state index in [1.807, 2.05) is 43.6 Å². The van der Waals surface area contributed by atoms with Crippen molar-refractivity contribution in [2.75, 3.05) is 51.3 Å². The summed E-state index contributed by atoms with van der Waals surface area (Å²) in [6.45, 7) is 10.1. The monoisotopic (exact) mass is 391 g/mol. The van der Waals surface area contributed by atoms with E-state index < -0.39 is 0 Å². The average Bonchev–Trinajstić information content (AvgIpc) is 3.19. The summed E-state index contributed by atoms with van der Waals surface area (Å²) < 4.78 is 17.2. The number of aromatic nitrogens is 1. The first-order chi connectivity index (χ1) is 13.3. The fourth-order valence-electron chi connectivity index (χ4n) is 3.34. The summed E-state index contributed by atoms with van der Waals surface area (Å²) >= 11 is 1.66. The Morgan fingerprint density at radius 3 is 2.63 bits per heavy atom. The number of rotatable bonds is 5. The van der Waals surface area contributed by atoms with Gasteiger partial charge in [-0.05, 0) is 12.1 Å². The van der Waals surface area contributed by atoms with Gasteiger partial charge < -0.3 is 19.1 Å². The van der Waals surface area contributed by atoms with Crippen molar-refractivity contribution in [1.29, 1.82) is 0 Å². The SMILES string of the molecule is CC.COCc1scnc1N1CCN(C[C@H]2COc3ccccc3O2)CC1. The lowest BCUT2D eigenvalue weighted by molar-refractivity contribution is 0.0570. The molecule has 0 saturated carbocycles. The van der Waals surface area contributed by atoms with E-state index in [9.17, 15) is 0 Å². The third-order valence-corrected chi connectivity index (χ3v) is 5.39. The fraction of sp³-hybridized carbons (Fsp3) is 0.550. The number of ether oxygens (including phenoxy) is 3. The van der Waals surface area contributed by atoms with Gasteiger partial charge in [0.05, 0.1) is 17.0 Å². The summed E-state index contributed by atoms with van der Waals surface area (Å²) in [6.07, 6.45) is 0.0878. The quantitative estimate of drug-likeness (QED) is 0.780. The minimum absolute atomic E-state index is 0.0878. The zero-order valence-electron chi connectivity index (χ0n) is 16.4. The molecule has 0 N–H and O–H groups in total. The van der Waals surface area contributed by atoms with Crippen molar-refractivity contribution in [3.8, 4) is 11.5 Å². The Morgan fingerprint density at radius 1 is 1.15 bits per heavy atom. The van der Waals surface area contributed by atoms with Gasteiger partial charge in [-0.3, -0.25) is 4.90 Å². The summed E-state index contributed by atoms with van der Waals surface area (Å²) in [5, 5.41) is 0. The van der Waals surface area contributed by atoms with Crippen LogP contribution in [0.3, 0.4) is 0 Å². The van der Waals surface area contributed by atoms with Gasteiger partial charge in [-0.15, -0.1) is 11.3 Å². The molecular weight excluding hydrogens is 362 g/mol. The van der Waals surface area contributed by atoms with E-state index >= 15 is 0 Å². The lowest BCUT2D eigenvalue weighted by Gasteiger charge is -2.37. The maximum atomic E-state index is 6.08. The number of thiazole rings is 1. The Bertz CT molecular complexity index is 701. The summed E-state index contributed by atoms with van der Waals surface area (Å²) in [4.78, 5) is 10.5. The van der Waals surface area contributed by atoms with E-state index in [1.54, 1.807) is 18.4 Å². The molecular formula is C20H29N3O3S. The van der Waals surface area contributed by atoms with Gasteiger partial charge in [0.2, 0.25) is 0 Å². The third kappa shape index (κ3) is 4.91. The summed E-state index contributed by atoms with van der Waals surface area (Å²) in [6, 6.07) is 7.88. The molecule has 1 aromatic carbocycles. The molecule has 3 heterocycles. The Hall–Kier alpha value is -1.83. The highest BCUT2D eigenvalue weighted by atomic mass is 32.1. The largest absolute Gasteiger partial charge is 0.486 e. The second kappa shape index (κ2) is 9.92. The van der Waals surface area contributed by atoms with Crippen LogP contribution < -0.4 is 14.4 Å². The number of fused-ring (bicyclic) bond motifs is 1.